The predicted molar refractivity (Wildman–Crippen MR) is 110 cm³/mol. The van der Waals surface area contributed by atoms with E-state index in [1.807, 2.05) is 19.0 Å². The van der Waals surface area contributed by atoms with Crippen LogP contribution in [0.4, 0.5) is 16.3 Å². The van der Waals surface area contributed by atoms with Crippen molar-refractivity contribution in [2.75, 3.05) is 24.3 Å². The molecule has 0 atom stereocenters. The smallest absolute Gasteiger partial charge is 0.329 e. The predicted octanol–water partition coefficient (Wildman–Crippen LogP) is 3.37. The van der Waals surface area contributed by atoms with Crippen LogP contribution in [0.5, 0.6) is 0 Å². The lowest BCUT2D eigenvalue weighted by molar-refractivity contribution is -0.176. The Bertz CT molecular complexity index is 810. The molecule has 2 aliphatic carbocycles. The molecule has 9 heteroatoms. The van der Waals surface area contributed by atoms with Crippen molar-refractivity contribution in [1.82, 2.24) is 14.7 Å². The number of rotatable bonds is 4. The molecule has 0 bridgehead atoms. The molecule has 2 amide bonds. The van der Waals surface area contributed by atoms with E-state index in [2.05, 4.69) is 26.1 Å². The summed E-state index contributed by atoms with van der Waals surface area (Å²) in [4.78, 5) is 23.0. The minimum atomic E-state index is -0.206. The minimum absolute atomic E-state index is 0.206. The summed E-state index contributed by atoms with van der Waals surface area (Å²) in [6.07, 6.45) is 10.1. The van der Waals surface area contributed by atoms with Gasteiger partial charge in [-0.25, -0.2) is 14.8 Å². The number of carbonyl (C=O) groups is 1. The molecule has 0 fully saturated rings. The highest BCUT2D eigenvalue weighted by molar-refractivity contribution is 7.97. The second kappa shape index (κ2) is 9.22. The van der Waals surface area contributed by atoms with E-state index in [1.54, 1.807) is 12.4 Å². The highest BCUT2D eigenvalue weighted by Crippen LogP contribution is 2.38. The maximum absolute atomic E-state index is 12.5. The van der Waals surface area contributed by atoms with Gasteiger partial charge in [-0.05, 0) is 60.8 Å². The van der Waals surface area contributed by atoms with Crippen molar-refractivity contribution < 1.29 is 15.3 Å². The number of amides is 2. The van der Waals surface area contributed by atoms with Crippen LogP contribution in [0, 0.1) is 0 Å². The number of nitrogens with one attached hydrogen (secondary N) is 2. The molecule has 0 saturated heterocycles. The van der Waals surface area contributed by atoms with Gasteiger partial charge in [-0.1, -0.05) is 6.07 Å². The second-order valence-electron chi connectivity index (χ2n) is 7.00. The standard InChI is InChI=1S/C19H23N5OS.H2O2/c1-24(2)16-10-21-17(11-20-16)26-23-19(25)22-18-14-7-3-5-12(14)9-13-6-4-8-15(13)18;1-2/h9-11H,3-8H2,1-2H3,(H2,22,23,25);1-2H. The third-order valence-corrected chi connectivity index (χ3v) is 5.74. The molecule has 0 saturated carbocycles. The van der Waals surface area contributed by atoms with Gasteiger partial charge < -0.3 is 10.2 Å². The Hall–Kier alpha value is -2.36. The monoisotopic (exact) mass is 403 g/mol. The summed E-state index contributed by atoms with van der Waals surface area (Å²) in [5, 5.41) is 15.8. The molecule has 0 radical (unpaired) electrons. The molecule has 2 aromatic rings. The van der Waals surface area contributed by atoms with E-state index in [0.717, 1.165) is 37.2 Å². The van der Waals surface area contributed by atoms with Crippen LogP contribution < -0.4 is 14.9 Å². The van der Waals surface area contributed by atoms with Gasteiger partial charge in [-0.3, -0.25) is 15.2 Å². The fourth-order valence-electron chi connectivity index (χ4n) is 3.80. The lowest BCUT2D eigenvalue weighted by atomic mass is 9.99. The second-order valence-corrected chi connectivity index (χ2v) is 7.83. The zero-order valence-corrected chi connectivity index (χ0v) is 16.8. The van der Waals surface area contributed by atoms with Gasteiger partial charge in [0.2, 0.25) is 0 Å². The van der Waals surface area contributed by atoms with Crippen molar-refractivity contribution in [2.45, 2.75) is 43.6 Å². The number of urea groups is 1. The van der Waals surface area contributed by atoms with Gasteiger partial charge in [0, 0.05) is 31.7 Å². The quantitative estimate of drug-likeness (QED) is 0.352. The van der Waals surface area contributed by atoms with Crippen molar-refractivity contribution in [1.29, 1.82) is 0 Å². The Labute approximate surface area is 168 Å². The summed E-state index contributed by atoms with van der Waals surface area (Å²) in [6, 6.07) is 2.16. The van der Waals surface area contributed by atoms with Crippen LogP contribution in [0.3, 0.4) is 0 Å². The summed E-state index contributed by atoms with van der Waals surface area (Å²) in [6.45, 7) is 0. The number of aryl methyl sites for hydroxylation is 2. The highest BCUT2D eigenvalue weighted by Gasteiger charge is 2.24. The van der Waals surface area contributed by atoms with Crippen LogP contribution in [0.25, 0.3) is 0 Å². The molecular formula is C19H25N5O3S. The van der Waals surface area contributed by atoms with Crippen LogP contribution >= 0.6 is 11.9 Å². The SMILES string of the molecule is CN(C)c1cnc(SNC(=O)Nc2c3c(cc4c2CCC4)CCC3)cn1.OO. The first-order valence-corrected chi connectivity index (χ1v) is 10.0. The zero-order valence-electron chi connectivity index (χ0n) is 16.0. The Kier molecular flexibility index (Phi) is 6.71. The normalized spacial score (nSPS) is 13.9. The minimum Gasteiger partial charge on any atom is -0.361 e. The van der Waals surface area contributed by atoms with Gasteiger partial charge in [-0.15, -0.1) is 0 Å². The number of benzene rings is 1. The van der Waals surface area contributed by atoms with Gasteiger partial charge in [0.15, 0.2) is 0 Å². The van der Waals surface area contributed by atoms with Crippen LogP contribution in [0.1, 0.15) is 35.1 Å². The van der Waals surface area contributed by atoms with Gasteiger partial charge >= 0.3 is 6.03 Å². The largest absolute Gasteiger partial charge is 0.361 e. The van der Waals surface area contributed by atoms with E-state index in [4.69, 9.17) is 10.5 Å². The van der Waals surface area contributed by atoms with Crippen molar-refractivity contribution in [3.8, 4) is 0 Å². The molecule has 8 nitrogen and oxygen atoms in total. The van der Waals surface area contributed by atoms with Crippen molar-refractivity contribution >= 4 is 29.5 Å². The van der Waals surface area contributed by atoms with Crippen LogP contribution in [-0.2, 0) is 25.7 Å². The molecule has 0 aliphatic heterocycles. The first-order chi connectivity index (χ1) is 13.6. The Morgan fingerprint density at radius 2 is 1.68 bits per heavy atom. The number of hydrogen-bond donors (Lipinski definition) is 4. The Morgan fingerprint density at radius 1 is 1.04 bits per heavy atom. The average Bonchev–Trinajstić information content (AvgIpc) is 3.37. The van der Waals surface area contributed by atoms with E-state index < -0.39 is 0 Å². The van der Waals surface area contributed by atoms with Crippen LogP contribution in [0.2, 0.25) is 0 Å². The highest BCUT2D eigenvalue weighted by atomic mass is 32.2. The molecule has 150 valence electrons. The number of carbonyl (C=O) groups excluding carboxylic acids is 1. The Balaban J connectivity index is 0.00000109. The first-order valence-electron chi connectivity index (χ1n) is 9.21. The van der Waals surface area contributed by atoms with Gasteiger partial charge in [0.1, 0.15) is 10.8 Å². The third-order valence-electron chi connectivity index (χ3n) is 5.03. The third kappa shape index (κ3) is 4.37. The number of anilines is 2. The number of nitrogens with zero attached hydrogens (tertiary/aromatic N) is 3. The summed E-state index contributed by atoms with van der Waals surface area (Å²) in [5.74, 6) is 0.786. The lowest BCUT2D eigenvalue weighted by Crippen LogP contribution is -2.24. The topological polar surface area (TPSA) is 111 Å². The maximum Gasteiger partial charge on any atom is 0.329 e. The number of fused-ring (bicyclic) bond motifs is 2. The molecule has 0 unspecified atom stereocenters. The molecular weight excluding hydrogens is 378 g/mol. The lowest BCUT2D eigenvalue weighted by Gasteiger charge is -2.16. The zero-order chi connectivity index (χ0) is 20.1. The van der Waals surface area contributed by atoms with E-state index in [9.17, 15) is 4.79 Å². The summed E-state index contributed by atoms with van der Waals surface area (Å²) in [5.41, 5.74) is 6.55. The van der Waals surface area contributed by atoms with Crippen molar-refractivity contribution in [3.63, 3.8) is 0 Å². The molecule has 28 heavy (non-hydrogen) atoms. The van der Waals surface area contributed by atoms with Crippen molar-refractivity contribution in [2.24, 2.45) is 0 Å². The molecule has 2 aliphatic rings. The summed E-state index contributed by atoms with van der Waals surface area (Å²) in [7, 11) is 3.83. The molecule has 4 rings (SSSR count). The fourth-order valence-corrected chi connectivity index (χ4v) is 4.26. The summed E-state index contributed by atoms with van der Waals surface area (Å²) < 4.78 is 2.83. The number of aromatic nitrogens is 2. The van der Waals surface area contributed by atoms with E-state index in [1.165, 1.54) is 47.0 Å². The fraction of sp³-hybridized carbons (Fsp3) is 0.421. The van der Waals surface area contributed by atoms with E-state index >= 15 is 0 Å². The van der Waals surface area contributed by atoms with Gasteiger partial charge in [0.05, 0.1) is 12.4 Å². The maximum atomic E-state index is 12.5. The molecule has 1 heterocycles. The van der Waals surface area contributed by atoms with Gasteiger partial charge in [-0.2, -0.15) is 0 Å². The molecule has 1 aromatic carbocycles. The van der Waals surface area contributed by atoms with E-state index in [0.29, 0.717) is 5.03 Å². The molecule has 0 spiro atoms. The molecule has 4 N–H and O–H groups in total. The van der Waals surface area contributed by atoms with Crippen LogP contribution in [-0.4, -0.2) is 40.6 Å². The molecule has 1 aromatic heterocycles. The summed E-state index contributed by atoms with van der Waals surface area (Å²) >= 11 is 1.18. The van der Waals surface area contributed by atoms with Crippen LogP contribution in [0.15, 0.2) is 23.5 Å². The average molecular weight is 404 g/mol. The first kappa shape index (κ1) is 20.4. The van der Waals surface area contributed by atoms with Gasteiger partial charge in [0.25, 0.3) is 0 Å². The number of hydrogen-bond acceptors (Lipinski definition) is 7. The Morgan fingerprint density at radius 3 is 2.21 bits per heavy atom. The van der Waals surface area contributed by atoms with E-state index in [-0.39, 0.29) is 6.03 Å². The van der Waals surface area contributed by atoms with Crippen molar-refractivity contribution in [3.05, 3.63) is 40.7 Å².